The van der Waals surface area contributed by atoms with E-state index in [1.807, 2.05) is 25.4 Å². The van der Waals surface area contributed by atoms with Gasteiger partial charge in [-0.2, -0.15) is 5.10 Å². The highest BCUT2D eigenvalue weighted by Gasteiger charge is 2.10. The Morgan fingerprint density at radius 1 is 1.45 bits per heavy atom. The molecule has 6 nitrogen and oxygen atoms in total. The lowest BCUT2D eigenvalue weighted by Crippen LogP contribution is -2.31. The van der Waals surface area contributed by atoms with Gasteiger partial charge in [-0.15, -0.1) is 12.4 Å². The van der Waals surface area contributed by atoms with Crippen LogP contribution in [0.5, 0.6) is 0 Å². The standard InChI is InChI=1S/C13H17N5O.ClH/c1-14-12(19)8-16-7-11-9-18(2)17-13(11)10-4-3-5-15-6-10;/h3-6,9,16H,7-8H2,1-2H3,(H,14,19);1H. The van der Waals surface area contributed by atoms with Crippen LogP contribution < -0.4 is 10.6 Å². The van der Waals surface area contributed by atoms with Crippen LogP contribution in [0.2, 0.25) is 0 Å². The summed E-state index contributed by atoms with van der Waals surface area (Å²) < 4.78 is 1.76. The number of carbonyl (C=O) groups is 1. The average Bonchev–Trinajstić information content (AvgIpc) is 2.80. The average molecular weight is 296 g/mol. The number of carbonyl (C=O) groups excluding carboxylic acids is 1. The van der Waals surface area contributed by atoms with Crippen LogP contribution >= 0.6 is 12.4 Å². The summed E-state index contributed by atoms with van der Waals surface area (Å²) in [5.74, 6) is -0.0354. The molecule has 0 bridgehead atoms. The van der Waals surface area contributed by atoms with E-state index >= 15 is 0 Å². The van der Waals surface area contributed by atoms with Crippen molar-refractivity contribution in [2.24, 2.45) is 7.05 Å². The molecule has 108 valence electrons. The van der Waals surface area contributed by atoms with Crippen LogP contribution in [0, 0.1) is 0 Å². The summed E-state index contributed by atoms with van der Waals surface area (Å²) in [6, 6.07) is 3.85. The highest BCUT2D eigenvalue weighted by atomic mass is 35.5. The molecule has 20 heavy (non-hydrogen) atoms. The first-order chi connectivity index (χ1) is 9.20. The van der Waals surface area contributed by atoms with Crippen molar-refractivity contribution < 1.29 is 4.79 Å². The number of aryl methyl sites for hydroxylation is 1. The zero-order valence-electron chi connectivity index (χ0n) is 11.5. The molecule has 0 aromatic carbocycles. The third-order valence-electron chi connectivity index (χ3n) is 2.72. The fourth-order valence-electron chi connectivity index (χ4n) is 1.81. The first-order valence-electron chi connectivity index (χ1n) is 6.05. The highest BCUT2D eigenvalue weighted by Crippen LogP contribution is 2.20. The quantitative estimate of drug-likeness (QED) is 0.853. The van der Waals surface area contributed by atoms with E-state index in [0.29, 0.717) is 6.54 Å². The molecule has 0 aliphatic carbocycles. The van der Waals surface area contributed by atoms with Gasteiger partial charge in [0.25, 0.3) is 0 Å². The molecule has 0 aliphatic rings. The van der Waals surface area contributed by atoms with Gasteiger partial charge in [0, 0.05) is 50.4 Å². The van der Waals surface area contributed by atoms with Crippen molar-refractivity contribution in [2.45, 2.75) is 6.54 Å². The van der Waals surface area contributed by atoms with Crippen LogP contribution in [0.3, 0.4) is 0 Å². The van der Waals surface area contributed by atoms with Crippen LogP contribution in [0.4, 0.5) is 0 Å². The Morgan fingerprint density at radius 3 is 2.90 bits per heavy atom. The van der Waals surface area contributed by atoms with Crippen molar-refractivity contribution >= 4 is 18.3 Å². The predicted molar refractivity (Wildman–Crippen MR) is 79.5 cm³/mol. The lowest BCUT2D eigenvalue weighted by Gasteiger charge is -2.04. The van der Waals surface area contributed by atoms with E-state index in [4.69, 9.17) is 0 Å². The minimum atomic E-state index is -0.0354. The van der Waals surface area contributed by atoms with Gasteiger partial charge in [0.15, 0.2) is 0 Å². The number of rotatable bonds is 5. The van der Waals surface area contributed by atoms with Crippen molar-refractivity contribution in [3.63, 3.8) is 0 Å². The van der Waals surface area contributed by atoms with E-state index < -0.39 is 0 Å². The predicted octanol–water partition coefficient (Wildman–Crippen LogP) is 0.739. The highest BCUT2D eigenvalue weighted by molar-refractivity contribution is 5.85. The Kier molecular flexibility index (Phi) is 6.14. The number of nitrogens with zero attached hydrogens (tertiary/aromatic N) is 3. The van der Waals surface area contributed by atoms with Gasteiger partial charge in [-0.25, -0.2) is 0 Å². The van der Waals surface area contributed by atoms with E-state index in [9.17, 15) is 4.79 Å². The molecule has 2 aromatic rings. The van der Waals surface area contributed by atoms with Crippen LogP contribution in [0.1, 0.15) is 5.56 Å². The summed E-state index contributed by atoms with van der Waals surface area (Å²) in [7, 11) is 3.50. The first-order valence-corrected chi connectivity index (χ1v) is 6.05. The van der Waals surface area contributed by atoms with E-state index in [1.54, 1.807) is 24.1 Å². The maximum Gasteiger partial charge on any atom is 0.233 e. The molecule has 0 unspecified atom stereocenters. The fourth-order valence-corrected chi connectivity index (χ4v) is 1.81. The van der Waals surface area contributed by atoms with Gasteiger partial charge in [-0.05, 0) is 12.1 Å². The summed E-state index contributed by atoms with van der Waals surface area (Å²) in [6.07, 6.45) is 5.46. The number of nitrogens with one attached hydrogen (secondary N) is 2. The van der Waals surface area contributed by atoms with Crippen molar-refractivity contribution in [3.05, 3.63) is 36.3 Å². The number of amides is 1. The smallest absolute Gasteiger partial charge is 0.233 e. The monoisotopic (exact) mass is 295 g/mol. The Labute approximate surface area is 124 Å². The Hall–Kier alpha value is -1.92. The number of pyridine rings is 1. The van der Waals surface area contributed by atoms with Crippen molar-refractivity contribution in [1.82, 2.24) is 25.4 Å². The molecule has 0 spiro atoms. The summed E-state index contributed by atoms with van der Waals surface area (Å²) in [6.45, 7) is 0.878. The van der Waals surface area contributed by atoms with E-state index in [1.165, 1.54) is 0 Å². The second kappa shape index (κ2) is 7.62. The third-order valence-corrected chi connectivity index (χ3v) is 2.72. The Balaban J connectivity index is 0.00000200. The maximum atomic E-state index is 11.2. The molecule has 2 rings (SSSR count). The molecule has 7 heteroatoms. The van der Waals surface area contributed by atoms with E-state index in [2.05, 4.69) is 20.7 Å². The molecular weight excluding hydrogens is 278 g/mol. The molecule has 0 atom stereocenters. The molecule has 0 radical (unpaired) electrons. The summed E-state index contributed by atoms with van der Waals surface area (Å²) in [4.78, 5) is 15.3. The van der Waals surface area contributed by atoms with Gasteiger partial charge in [-0.3, -0.25) is 14.5 Å². The van der Waals surface area contributed by atoms with Crippen LogP contribution in [-0.2, 0) is 18.4 Å². The van der Waals surface area contributed by atoms with Gasteiger partial charge < -0.3 is 10.6 Å². The number of halogens is 1. The topological polar surface area (TPSA) is 71.8 Å². The van der Waals surface area contributed by atoms with E-state index in [0.717, 1.165) is 16.8 Å². The van der Waals surface area contributed by atoms with Gasteiger partial charge in [0.1, 0.15) is 0 Å². The lowest BCUT2D eigenvalue weighted by atomic mass is 10.1. The summed E-state index contributed by atoms with van der Waals surface area (Å²) in [5.41, 5.74) is 2.90. The summed E-state index contributed by atoms with van der Waals surface area (Å²) in [5, 5.41) is 10.1. The largest absolute Gasteiger partial charge is 0.358 e. The number of aromatic nitrogens is 3. The van der Waals surface area contributed by atoms with Crippen molar-refractivity contribution in [2.75, 3.05) is 13.6 Å². The zero-order chi connectivity index (χ0) is 13.7. The third kappa shape index (κ3) is 4.04. The van der Waals surface area contributed by atoms with Gasteiger partial charge in [-0.1, -0.05) is 0 Å². The molecule has 1 amide bonds. The molecule has 2 N–H and O–H groups in total. The number of hydrogen-bond acceptors (Lipinski definition) is 4. The van der Waals surface area contributed by atoms with Gasteiger partial charge in [0.2, 0.25) is 5.91 Å². The van der Waals surface area contributed by atoms with Crippen molar-refractivity contribution in [1.29, 1.82) is 0 Å². The van der Waals surface area contributed by atoms with Crippen LogP contribution in [-0.4, -0.2) is 34.3 Å². The number of likely N-dealkylation sites (N-methyl/N-ethyl adjacent to an activating group) is 1. The second-order valence-corrected chi connectivity index (χ2v) is 4.20. The lowest BCUT2D eigenvalue weighted by molar-refractivity contribution is -0.119. The molecule has 0 fully saturated rings. The SMILES string of the molecule is CNC(=O)CNCc1cn(C)nc1-c1cccnc1.Cl. The molecule has 0 saturated heterocycles. The molecule has 0 saturated carbocycles. The minimum absolute atomic E-state index is 0. The van der Waals surface area contributed by atoms with Crippen LogP contribution in [0.25, 0.3) is 11.3 Å². The Morgan fingerprint density at radius 2 is 2.25 bits per heavy atom. The van der Waals surface area contributed by atoms with Crippen LogP contribution in [0.15, 0.2) is 30.7 Å². The molecular formula is C13H18ClN5O. The second-order valence-electron chi connectivity index (χ2n) is 4.20. The molecule has 0 aliphatic heterocycles. The minimum Gasteiger partial charge on any atom is -0.358 e. The molecule has 2 aromatic heterocycles. The van der Waals surface area contributed by atoms with Crippen molar-refractivity contribution in [3.8, 4) is 11.3 Å². The molecule has 2 heterocycles. The van der Waals surface area contributed by atoms with Gasteiger partial charge >= 0.3 is 0 Å². The fraction of sp³-hybridized carbons (Fsp3) is 0.308. The maximum absolute atomic E-state index is 11.2. The summed E-state index contributed by atoms with van der Waals surface area (Å²) >= 11 is 0. The van der Waals surface area contributed by atoms with E-state index in [-0.39, 0.29) is 24.9 Å². The first kappa shape index (κ1) is 16.1. The number of hydrogen-bond donors (Lipinski definition) is 2. The normalized spacial score (nSPS) is 9.90. The Bertz CT molecular complexity index is 555. The zero-order valence-corrected chi connectivity index (χ0v) is 12.3. The van der Waals surface area contributed by atoms with Gasteiger partial charge in [0.05, 0.1) is 12.2 Å².